The summed E-state index contributed by atoms with van der Waals surface area (Å²) < 4.78 is 33.2. The van der Waals surface area contributed by atoms with E-state index in [1.807, 2.05) is 0 Å². The molecule has 0 saturated heterocycles. The van der Waals surface area contributed by atoms with E-state index in [2.05, 4.69) is 111 Å². The van der Waals surface area contributed by atoms with Crippen LogP contribution in [-0.4, -0.2) is 49.3 Å². The number of allylic oxidation sites excluding steroid dienone is 16. The Morgan fingerprint density at radius 2 is 0.584 bits per heavy atom. The fourth-order valence-electron chi connectivity index (χ4n) is 11.0. The first-order chi connectivity index (χ1) is 43.8. The van der Waals surface area contributed by atoms with Gasteiger partial charge in [-0.05, 0) is 89.9 Å². The average Bonchev–Trinajstić information content (AvgIpc) is 3.68. The molecule has 0 amide bonds. The highest BCUT2D eigenvalue weighted by atomic mass is 31.2. The zero-order valence-electron chi connectivity index (χ0n) is 58.2. The van der Waals surface area contributed by atoms with Crippen LogP contribution < -0.4 is 5.73 Å². The Morgan fingerprint density at radius 3 is 0.865 bits per heavy atom. The van der Waals surface area contributed by atoms with Crippen LogP contribution in [0.1, 0.15) is 361 Å². The molecule has 0 aliphatic carbocycles. The number of phosphoric ester groups is 1. The lowest BCUT2D eigenvalue weighted by atomic mass is 10.0. The average molecular weight is 1260 g/mol. The molecular formula is C79H142NO8P. The summed E-state index contributed by atoms with van der Waals surface area (Å²) >= 11 is 0. The molecule has 0 spiro atoms. The number of rotatable bonds is 71. The third-order valence-electron chi connectivity index (χ3n) is 16.5. The summed E-state index contributed by atoms with van der Waals surface area (Å²) in [5.41, 5.74) is 5.41. The van der Waals surface area contributed by atoms with E-state index in [-0.39, 0.29) is 38.6 Å². The van der Waals surface area contributed by atoms with Gasteiger partial charge in [0.2, 0.25) is 0 Å². The normalized spacial score (nSPS) is 13.4. The smallest absolute Gasteiger partial charge is 0.462 e. The first-order valence-corrected chi connectivity index (χ1v) is 39.2. The van der Waals surface area contributed by atoms with Gasteiger partial charge in [0, 0.05) is 19.4 Å². The molecule has 0 aliphatic rings. The van der Waals surface area contributed by atoms with Crippen molar-refractivity contribution < 1.29 is 37.6 Å². The van der Waals surface area contributed by atoms with Gasteiger partial charge in [-0.2, -0.15) is 0 Å². The fraction of sp³-hybridized carbons (Fsp3) is 0.772. The molecule has 0 aromatic carbocycles. The number of phosphoric acid groups is 1. The number of ether oxygens (including phenoxy) is 2. The summed E-state index contributed by atoms with van der Waals surface area (Å²) in [5.74, 6) is -0.811. The van der Waals surface area contributed by atoms with Crippen molar-refractivity contribution in [2.45, 2.75) is 367 Å². The standard InChI is InChI=1S/C79H142NO8P/c1-3-5-7-9-11-13-15-17-19-21-23-25-27-29-31-33-34-35-36-37-38-39-40-41-42-44-46-48-50-52-54-56-58-60-62-64-66-68-70-72-79(82)88-77(76-87-89(83,84)86-74-73-80)75-85-78(81)71-69-67-65-63-61-59-57-55-53-51-49-47-45-43-32-30-28-26-24-22-20-18-16-14-12-10-8-6-4-2/h5-8,11-14,17-20,23-26,77H,3-4,9-10,15-16,21-22,27-76,80H2,1-2H3,(H,83,84)/b7-5-,8-6-,13-11-,14-12-,19-17-,20-18-,25-23-,26-24-. The quantitative estimate of drug-likeness (QED) is 0.0264. The molecule has 3 N–H and O–H groups in total. The molecule has 2 unspecified atom stereocenters. The molecule has 0 heterocycles. The summed E-state index contributed by atoms with van der Waals surface area (Å²) in [6, 6.07) is 0. The molecule has 0 aromatic heterocycles. The molecule has 0 saturated carbocycles. The first-order valence-electron chi connectivity index (χ1n) is 37.7. The minimum atomic E-state index is -4.40. The van der Waals surface area contributed by atoms with E-state index in [1.54, 1.807) is 0 Å². The SMILES string of the molecule is CC/C=C\C/C=C\C/C=C\C/C=C\CCCCCCCCCCCCCCCCCCCCCCCCCCCCC(=O)OC(COC(=O)CCCCCCCCCCCCCCCCCC/C=C\C/C=C\C/C=C\C/C=C\CC)COP(=O)(O)OCCN. The fourth-order valence-corrected chi connectivity index (χ4v) is 11.7. The summed E-state index contributed by atoms with van der Waals surface area (Å²) in [7, 11) is -4.40. The van der Waals surface area contributed by atoms with Crippen molar-refractivity contribution in [3.63, 3.8) is 0 Å². The second kappa shape index (κ2) is 74.0. The lowest BCUT2D eigenvalue weighted by molar-refractivity contribution is -0.161. The summed E-state index contributed by atoms with van der Waals surface area (Å²) in [5, 5.41) is 0. The number of hydrogen-bond acceptors (Lipinski definition) is 8. The maximum Gasteiger partial charge on any atom is 0.472 e. The largest absolute Gasteiger partial charge is 0.472 e. The van der Waals surface area contributed by atoms with Crippen LogP contribution in [0, 0.1) is 0 Å². The van der Waals surface area contributed by atoms with Gasteiger partial charge in [-0.1, -0.05) is 355 Å². The second-order valence-electron chi connectivity index (χ2n) is 25.1. The summed E-state index contributed by atoms with van der Waals surface area (Å²) in [6.45, 7) is 3.57. The summed E-state index contributed by atoms with van der Waals surface area (Å²) in [4.78, 5) is 35.4. The van der Waals surface area contributed by atoms with Gasteiger partial charge in [0.25, 0.3) is 0 Å². The van der Waals surface area contributed by atoms with Crippen molar-refractivity contribution in [1.29, 1.82) is 0 Å². The molecule has 9 nitrogen and oxygen atoms in total. The molecule has 0 bridgehead atoms. The van der Waals surface area contributed by atoms with E-state index in [9.17, 15) is 19.0 Å². The van der Waals surface area contributed by atoms with Crippen LogP contribution in [0.3, 0.4) is 0 Å². The van der Waals surface area contributed by atoms with Gasteiger partial charge in [-0.3, -0.25) is 18.6 Å². The van der Waals surface area contributed by atoms with Crippen molar-refractivity contribution in [3.05, 3.63) is 97.2 Å². The Morgan fingerprint density at radius 1 is 0.337 bits per heavy atom. The van der Waals surface area contributed by atoms with Gasteiger partial charge < -0.3 is 20.1 Å². The maximum absolute atomic E-state index is 12.8. The van der Waals surface area contributed by atoms with Crippen molar-refractivity contribution in [3.8, 4) is 0 Å². The van der Waals surface area contributed by atoms with E-state index in [0.29, 0.717) is 6.42 Å². The van der Waals surface area contributed by atoms with Crippen molar-refractivity contribution in [2.75, 3.05) is 26.4 Å². The highest BCUT2D eigenvalue weighted by molar-refractivity contribution is 7.47. The van der Waals surface area contributed by atoms with Gasteiger partial charge in [0.15, 0.2) is 6.10 Å². The number of nitrogens with two attached hydrogens (primary N) is 1. The first kappa shape index (κ1) is 85.9. The third-order valence-corrected chi connectivity index (χ3v) is 17.4. The van der Waals surface area contributed by atoms with Crippen LogP contribution in [0.15, 0.2) is 97.2 Å². The third kappa shape index (κ3) is 73.9. The minimum absolute atomic E-state index is 0.0532. The van der Waals surface area contributed by atoms with E-state index >= 15 is 0 Å². The minimum Gasteiger partial charge on any atom is -0.462 e. The van der Waals surface area contributed by atoms with Gasteiger partial charge in [0.1, 0.15) is 6.61 Å². The van der Waals surface area contributed by atoms with Crippen molar-refractivity contribution in [1.82, 2.24) is 0 Å². The number of hydrogen-bond donors (Lipinski definition) is 2. The zero-order valence-corrected chi connectivity index (χ0v) is 59.1. The van der Waals surface area contributed by atoms with Crippen LogP contribution in [0.25, 0.3) is 0 Å². The molecule has 0 radical (unpaired) electrons. The summed E-state index contributed by atoms with van der Waals surface area (Å²) in [6.07, 6.45) is 101. The number of esters is 2. The monoisotopic (exact) mass is 1260 g/mol. The molecule has 10 heteroatoms. The Kier molecular flexibility index (Phi) is 71.4. The number of unbranched alkanes of at least 4 members (excludes halogenated alkanes) is 42. The van der Waals surface area contributed by atoms with E-state index < -0.39 is 26.5 Å². The van der Waals surface area contributed by atoms with E-state index in [1.165, 1.54) is 244 Å². The second-order valence-corrected chi connectivity index (χ2v) is 26.6. The zero-order chi connectivity index (χ0) is 64.4. The molecule has 0 aromatic rings. The predicted octanol–water partition coefficient (Wildman–Crippen LogP) is 25.1. The Balaban J connectivity index is 3.78. The van der Waals surface area contributed by atoms with Crippen molar-refractivity contribution in [2.24, 2.45) is 5.73 Å². The molecule has 0 aliphatic heterocycles. The van der Waals surface area contributed by atoms with Crippen LogP contribution in [-0.2, 0) is 32.7 Å². The topological polar surface area (TPSA) is 134 Å². The highest BCUT2D eigenvalue weighted by Gasteiger charge is 2.26. The van der Waals surface area contributed by atoms with Gasteiger partial charge >= 0.3 is 19.8 Å². The molecule has 2 atom stereocenters. The van der Waals surface area contributed by atoms with E-state index in [0.717, 1.165) is 83.5 Å². The highest BCUT2D eigenvalue weighted by Crippen LogP contribution is 2.43. The maximum atomic E-state index is 12.8. The van der Waals surface area contributed by atoms with Crippen LogP contribution in [0.5, 0.6) is 0 Å². The van der Waals surface area contributed by atoms with Gasteiger partial charge in [0.05, 0.1) is 13.2 Å². The number of carbonyl (C=O) groups is 2. The molecule has 89 heavy (non-hydrogen) atoms. The lowest BCUT2D eigenvalue weighted by Gasteiger charge is -2.19. The Labute approximate surface area is 550 Å². The van der Waals surface area contributed by atoms with Gasteiger partial charge in [-0.25, -0.2) is 4.57 Å². The van der Waals surface area contributed by atoms with Crippen LogP contribution >= 0.6 is 7.82 Å². The van der Waals surface area contributed by atoms with Crippen LogP contribution in [0.4, 0.5) is 0 Å². The Hall–Kier alpha value is -3.07. The Bertz CT molecular complexity index is 1780. The van der Waals surface area contributed by atoms with Crippen LogP contribution in [0.2, 0.25) is 0 Å². The van der Waals surface area contributed by atoms with E-state index in [4.69, 9.17) is 24.3 Å². The van der Waals surface area contributed by atoms with Crippen molar-refractivity contribution >= 4 is 19.8 Å². The van der Waals surface area contributed by atoms with Gasteiger partial charge in [-0.15, -0.1) is 0 Å². The molecular weight excluding hydrogens is 1120 g/mol. The molecule has 516 valence electrons. The number of carbonyl (C=O) groups excluding carboxylic acids is 2. The predicted molar refractivity (Wildman–Crippen MR) is 385 cm³/mol. The lowest BCUT2D eigenvalue weighted by Crippen LogP contribution is -2.29. The molecule has 0 fully saturated rings. The molecule has 0 rings (SSSR count).